The second kappa shape index (κ2) is 6.03. The van der Waals surface area contributed by atoms with Gasteiger partial charge in [-0.1, -0.05) is 60.7 Å². The number of nitrogens with one attached hydrogen (secondary N) is 1. The van der Waals surface area contributed by atoms with Crippen molar-refractivity contribution in [3.05, 3.63) is 71.8 Å². The molecule has 0 aliphatic rings. The zero-order valence-corrected chi connectivity index (χ0v) is 12.1. The van der Waals surface area contributed by atoms with Crippen LogP contribution in [0.3, 0.4) is 0 Å². The standard InChI is InChI=1S/C18H23N/c1-18(2,3)19-14-17(15-10-6-4-7-11-15)16-12-8-5-9-13-16/h4-13,17,19H,14H2,1-3H3. The molecule has 0 fully saturated rings. The van der Waals surface area contributed by atoms with Crippen molar-refractivity contribution in [3.8, 4) is 0 Å². The first-order valence-corrected chi connectivity index (χ1v) is 6.91. The molecule has 1 nitrogen and oxygen atoms in total. The Morgan fingerprint density at radius 3 is 1.58 bits per heavy atom. The van der Waals surface area contributed by atoms with Crippen LogP contribution in [0.2, 0.25) is 0 Å². The maximum atomic E-state index is 3.62. The third-order valence-corrected chi connectivity index (χ3v) is 3.24. The monoisotopic (exact) mass is 253 g/mol. The van der Waals surface area contributed by atoms with E-state index >= 15 is 0 Å². The van der Waals surface area contributed by atoms with Crippen molar-refractivity contribution in [2.24, 2.45) is 0 Å². The van der Waals surface area contributed by atoms with Gasteiger partial charge in [0.05, 0.1) is 0 Å². The molecule has 0 saturated carbocycles. The lowest BCUT2D eigenvalue weighted by Gasteiger charge is -2.26. The maximum Gasteiger partial charge on any atom is 0.0214 e. The average Bonchev–Trinajstić information content (AvgIpc) is 2.40. The first-order chi connectivity index (χ1) is 9.06. The van der Waals surface area contributed by atoms with Crippen LogP contribution >= 0.6 is 0 Å². The molecule has 0 radical (unpaired) electrons. The molecule has 19 heavy (non-hydrogen) atoms. The van der Waals surface area contributed by atoms with Crippen molar-refractivity contribution in [3.63, 3.8) is 0 Å². The molecule has 2 aromatic carbocycles. The highest BCUT2D eigenvalue weighted by molar-refractivity contribution is 5.32. The molecule has 1 heteroatoms. The Balaban J connectivity index is 2.24. The minimum atomic E-state index is 0.141. The smallest absolute Gasteiger partial charge is 0.0214 e. The average molecular weight is 253 g/mol. The van der Waals surface area contributed by atoms with E-state index < -0.39 is 0 Å². The van der Waals surface area contributed by atoms with Gasteiger partial charge in [-0.3, -0.25) is 0 Å². The van der Waals surface area contributed by atoms with E-state index in [-0.39, 0.29) is 5.54 Å². The van der Waals surface area contributed by atoms with Gasteiger partial charge in [-0.15, -0.1) is 0 Å². The summed E-state index contributed by atoms with van der Waals surface area (Å²) in [6.07, 6.45) is 0. The van der Waals surface area contributed by atoms with Crippen LogP contribution in [-0.4, -0.2) is 12.1 Å². The van der Waals surface area contributed by atoms with Gasteiger partial charge in [-0.05, 0) is 31.9 Å². The molecule has 100 valence electrons. The SMILES string of the molecule is CC(C)(C)NCC(c1ccccc1)c1ccccc1. The van der Waals surface area contributed by atoms with Crippen molar-refractivity contribution in [2.75, 3.05) is 6.54 Å². The Labute approximate surface area is 116 Å². The summed E-state index contributed by atoms with van der Waals surface area (Å²) in [5.74, 6) is 0.404. The van der Waals surface area contributed by atoms with E-state index in [1.165, 1.54) is 11.1 Å². The van der Waals surface area contributed by atoms with Crippen molar-refractivity contribution in [1.29, 1.82) is 0 Å². The van der Waals surface area contributed by atoms with E-state index in [0.717, 1.165) is 6.54 Å². The van der Waals surface area contributed by atoms with E-state index in [0.29, 0.717) is 5.92 Å². The largest absolute Gasteiger partial charge is 0.311 e. The van der Waals surface area contributed by atoms with Gasteiger partial charge in [0.25, 0.3) is 0 Å². The molecule has 0 aliphatic heterocycles. The molecule has 0 saturated heterocycles. The van der Waals surface area contributed by atoms with E-state index in [4.69, 9.17) is 0 Å². The van der Waals surface area contributed by atoms with Crippen molar-refractivity contribution < 1.29 is 0 Å². The minimum absolute atomic E-state index is 0.141. The molecule has 0 unspecified atom stereocenters. The fraction of sp³-hybridized carbons (Fsp3) is 0.333. The van der Waals surface area contributed by atoms with Gasteiger partial charge in [0.2, 0.25) is 0 Å². The topological polar surface area (TPSA) is 12.0 Å². The Morgan fingerprint density at radius 1 is 0.789 bits per heavy atom. The third-order valence-electron chi connectivity index (χ3n) is 3.24. The van der Waals surface area contributed by atoms with Gasteiger partial charge in [0.15, 0.2) is 0 Å². The molecule has 2 rings (SSSR count). The van der Waals surface area contributed by atoms with Crippen LogP contribution in [0, 0.1) is 0 Å². The van der Waals surface area contributed by atoms with Crippen LogP contribution in [0.15, 0.2) is 60.7 Å². The summed E-state index contributed by atoms with van der Waals surface area (Å²) >= 11 is 0. The first kappa shape index (κ1) is 13.8. The van der Waals surface area contributed by atoms with Gasteiger partial charge >= 0.3 is 0 Å². The fourth-order valence-corrected chi connectivity index (χ4v) is 2.21. The lowest BCUT2D eigenvalue weighted by Crippen LogP contribution is -2.38. The second-order valence-electron chi connectivity index (χ2n) is 6.00. The molecular formula is C18H23N. The third kappa shape index (κ3) is 4.22. The summed E-state index contributed by atoms with van der Waals surface area (Å²) in [7, 11) is 0. The van der Waals surface area contributed by atoms with E-state index in [1.54, 1.807) is 0 Å². The summed E-state index contributed by atoms with van der Waals surface area (Å²) in [5.41, 5.74) is 2.87. The summed E-state index contributed by atoms with van der Waals surface area (Å²) in [6.45, 7) is 7.58. The van der Waals surface area contributed by atoms with Gasteiger partial charge in [0.1, 0.15) is 0 Å². The van der Waals surface area contributed by atoms with Crippen molar-refractivity contribution in [1.82, 2.24) is 5.32 Å². The molecule has 0 aromatic heterocycles. The van der Waals surface area contributed by atoms with Gasteiger partial charge in [-0.2, -0.15) is 0 Å². The Morgan fingerprint density at radius 2 is 1.21 bits per heavy atom. The van der Waals surface area contributed by atoms with Gasteiger partial charge in [0, 0.05) is 18.0 Å². The van der Waals surface area contributed by atoms with Crippen LogP contribution < -0.4 is 5.32 Å². The molecule has 2 aromatic rings. The van der Waals surface area contributed by atoms with E-state index in [1.807, 2.05) is 0 Å². The predicted molar refractivity (Wildman–Crippen MR) is 82.5 cm³/mol. The van der Waals surface area contributed by atoms with Crippen LogP contribution in [0.5, 0.6) is 0 Å². The quantitative estimate of drug-likeness (QED) is 0.860. The van der Waals surface area contributed by atoms with E-state index in [9.17, 15) is 0 Å². The highest BCUT2D eigenvalue weighted by atomic mass is 14.9. The lowest BCUT2D eigenvalue weighted by atomic mass is 9.90. The predicted octanol–water partition coefficient (Wildman–Crippen LogP) is 4.21. The molecule has 0 spiro atoms. The molecule has 0 heterocycles. The zero-order valence-electron chi connectivity index (χ0n) is 12.1. The number of rotatable bonds is 4. The Hall–Kier alpha value is -1.60. The fourth-order valence-electron chi connectivity index (χ4n) is 2.21. The Kier molecular flexibility index (Phi) is 4.39. The van der Waals surface area contributed by atoms with Crippen molar-refractivity contribution in [2.45, 2.75) is 32.2 Å². The summed E-state index contributed by atoms with van der Waals surface area (Å²) < 4.78 is 0. The van der Waals surface area contributed by atoms with Gasteiger partial charge in [-0.25, -0.2) is 0 Å². The molecule has 0 bridgehead atoms. The summed E-state index contributed by atoms with van der Waals surface area (Å²) in [6, 6.07) is 21.4. The summed E-state index contributed by atoms with van der Waals surface area (Å²) in [4.78, 5) is 0. The van der Waals surface area contributed by atoms with E-state index in [2.05, 4.69) is 86.8 Å². The van der Waals surface area contributed by atoms with Crippen LogP contribution in [0.4, 0.5) is 0 Å². The van der Waals surface area contributed by atoms with Crippen LogP contribution in [-0.2, 0) is 0 Å². The number of hydrogen-bond donors (Lipinski definition) is 1. The molecule has 0 amide bonds. The maximum absolute atomic E-state index is 3.62. The van der Waals surface area contributed by atoms with Gasteiger partial charge < -0.3 is 5.32 Å². The minimum Gasteiger partial charge on any atom is -0.311 e. The highest BCUT2D eigenvalue weighted by Gasteiger charge is 2.17. The van der Waals surface area contributed by atoms with Crippen molar-refractivity contribution >= 4 is 0 Å². The summed E-state index contributed by atoms with van der Waals surface area (Å²) in [5, 5.41) is 3.62. The first-order valence-electron chi connectivity index (χ1n) is 6.91. The molecular weight excluding hydrogens is 230 g/mol. The van der Waals surface area contributed by atoms with Crippen LogP contribution in [0.25, 0.3) is 0 Å². The Bertz CT molecular complexity index is 443. The number of hydrogen-bond acceptors (Lipinski definition) is 1. The molecule has 0 aliphatic carbocycles. The lowest BCUT2D eigenvalue weighted by molar-refractivity contribution is 0.418. The van der Waals surface area contributed by atoms with Crippen LogP contribution in [0.1, 0.15) is 37.8 Å². The molecule has 0 atom stereocenters. The highest BCUT2D eigenvalue weighted by Crippen LogP contribution is 2.24. The second-order valence-corrected chi connectivity index (χ2v) is 6.00. The molecule has 1 N–H and O–H groups in total. The normalized spacial score (nSPS) is 11.8. The zero-order chi connectivity index (χ0) is 13.7. The number of benzene rings is 2.